The lowest BCUT2D eigenvalue weighted by molar-refractivity contribution is -0.181. The summed E-state index contributed by atoms with van der Waals surface area (Å²) in [5.41, 5.74) is -1.20. The maximum absolute atomic E-state index is 11.9. The third-order valence-corrected chi connectivity index (χ3v) is 2.97. The van der Waals surface area contributed by atoms with Crippen molar-refractivity contribution in [2.24, 2.45) is 0 Å². The number of esters is 3. The molecule has 0 atom stereocenters. The normalized spacial score (nSPS) is 16.0. The van der Waals surface area contributed by atoms with Crippen LogP contribution in [0.25, 0.3) is 0 Å². The molecule has 100 valence electrons. The number of methoxy groups -OCH3 is 2. The van der Waals surface area contributed by atoms with Crippen LogP contribution in [0.5, 0.6) is 0 Å². The van der Waals surface area contributed by atoms with Crippen LogP contribution in [-0.4, -0.2) is 37.7 Å². The van der Waals surface area contributed by atoms with Crippen molar-refractivity contribution in [3.63, 3.8) is 0 Å². The van der Waals surface area contributed by atoms with Crippen molar-refractivity contribution in [2.75, 3.05) is 14.2 Å². The number of fused-ring (bicyclic) bond motifs is 1. The third kappa shape index (κ3) is 1.95. The molecular weight excluding hydrogens is 252 g/mol. The quantitative estimate of drug-likeness (QED) is 0.439. The van der Waals surface area contributed by atoms with Crippen LogP contribution in [0.3, 0.4) is 0 Å². The molecule has 0 saturated carbocycles. The van der Waals surface area contributed by atoms with Crippen LogP contribution in [0.1, 0.15) is 15.9 Å². The fourth-order valence-corrected chi connectivity index (χ4v) is 2.03. The summed E-state index contributed by atoms with van der Waals surface area (Å²) < 4.78 is 14.1. The zero-order chi connectivity index (χ0) is 14.0. The first-order chi connectivity index (χ1) is 9.05. The zero-order valence-electron chi connectivity index (χ0n) is 10.5. The van der Waals surface area contributed by atoms with E-state index in [2.05, 4.69) is 9.47 Å². The molecule has 0 spiro atoms. The maximum Gasteiger partial charge on any atom is 0.362 e. The Morgan fingerprint density at radius 1 is 1.16 bits per heavy atom. The monoisotopic (exact) mass is 264 g/mol. The summed E-state index contributed by atoms with van der Waals surface area (Å²) in [5.74, 6) is -2.66. The third-order valence-electron chi connectivity index (χ3n) is 2.97. The molecule has 1 aromatic carbocycles. The van der Waals surface area contributed by atoms with Gasteiger partial charge >= 0.3 is 23.5 Å². The Morgan fingerprint density at radius 3 is 2.32 bits per heavy atom. The Kier molecular flexibility index (Phi) is 3.25. The molecule has 0 bridgehead atoms. The fourth-order valence-electron chi connectivity index (χ4n) is 2.03. The van der Waals surface area contributed by atoms with Gasteiger partial charge in [0.25, 0.3) is 0 Å². The number of carbonyl (C=O) groups excluding carboxylic acids is 3. The van der Waals surface area contributed by atoms with Gasteiger partial charge in [-0.2, -0.15) is 0 Å². The first-order valence-corrected chi connectivity index (χ1v) is 5.53. The molecule has 2 rings (SSSR count). The average molecular weight is 264 g/mol. The van der Waals surface area contributed by atoms with Gasteiger partial charge in [0.05, 0.1) is 19.8 Å². The van der Waals surface area contributed by atoms with Gasteiger partial charge in [-0.15, -0.1) is 0 Å². The molecule has 0 aliphatic carbocycles. The lowest BCUT2D eigenvalue weighted by atomic mass is 9.88. The molecular formula is C13H12O6. The highest BCUT2D eigenvalue weighted by Gasteiger charge is 2.55. The van der Waals surface area contributed by atoms with E-state index in [4.69, 9.17) is 4.74 Å². The summed E-state index contributed by atoms with van der Waals surface area (Å²) in [6, 6.07) is 6.59. The second kappa shape index (κ2) is 4.72. The van der Waals surface area contributed by atoms with Gasteiger partial charge in [0.15, 0.2) is 0 Å². The number of cyclic esters (lactones) is 1. The van der Waals surface area contributed by atoms with Gasteiger partial charge in [-0.05, 0) is 11.6 Å². The van der Waals surface area contributed by atoms with Crippen LogP contribution >= 0.6 is 0 Å². The Balaban J connectivity index is 2.52. The van der Waals surface area contributed by atoms with Crippen molar-refractivity contribution in [3.05, 3.63) is 35.4 Å². The molecule has 0 saturated heterocycles. The minimum Gasteiger partial charge on any atom is -0.466 e. The van der Waals surface area contributed by atoms with Crippen LogP contribution in [0.2, 0.25) is 0 Å². The summed E-state index contributed by atoms with van der Waals surface area (Å²) >= 11 is 0. The number of rotatable bonds is 2. The molecule has 6 heteroatoms. The van der Waals surface area contributed by atoms with Gasteiger partial charge in [-0.3, -0.25) is 0 Å². The van der Waals surface area contributed by atoms with E-state index in [1.165, 1.54) is 0 Å². The van der Waals surface area contributed by atoms with Crippen LogP contribution in [0.15, 0.2) is 24.3 Å². The minimum atomic E-state index is -2.06. The van der Waals surface area contributed by atoms with Crippen molar-refractivity contribution in [3.8, 4) is 0 Å². The summed E-state index contributed by atoms with van der Waals surface area (Å²) in [4.78, 5) is 35.6. The summed E-state index contributed by atoms with van der Waals surface area (Å²) in [6.07, 6.45) is -0.103. The zero-order valence-corrected chi connectivity index (χ0v) is 10.5. The van der Waals surface area contributed by atoms with E-state index < -0.39 is 23.5 Å². The molecule has 1 heterocycles. The van der Waals surface area contributed by atoms with E-state index in [9.17, 15) is 14.4 Å². The van der Waals surface area contributed by atoms with Crippen molar-refractivity contribution >= 4 is 17.9 Å². The standard InChI is InChI=1S/C13H12O6/c1-17-11(15)13(12(16)18-2)7-8-5-3-4-6-9(8)10(14)19-13/h3-6H,7H2,1-2H3. The fraction of sp³-hybridized carbons (Fsp3) is 0.308. The molecule has 0 fully saturated rings. The second-order valence-corrected chi connectivity index (χ2v) is 4.03. The van der Waals surface area contributed by atoms with Gasteiger partial charge in [-0.1, -0.05) is 18.2 Å². The molecule has 0 unspecified atom stereocenters. The van der Waals surface area contributed by atoms with Crippen molar-refractivity contribution < 1.29 is 28.6 Å². The van der Waals surface area contributed by atoms with Gasteiger partial charge in [0.1, 0.15) is 0 Å². The van der Waals surface area contributed by atoms with Gasteiger partial charge in [0, 0.05) is 6.42 Å². The Morgan fingerprint density at radius 2 is 1.74 bits per heavy atom. The smallest absolute Gasteiger partial charge is 0.362 e. The van der Waals surface area contributed by atoms with E-state index in [0.717, 1.165) is 14.2 Å². The lowest BCUT2D eigenvalue weighted by Crippen LogP contribution is -2.55. The molecule has 0 radical (unpaired) electrons. The molecule has 1 aromatic rings. The number of benzene rings is 1. The second-order valence-electron chi connectivity index (χ2n) is 4.03. The number of ether oxygens (including phenoxy) is 3. The molecule has 1 aliphatic rings. The van der Waals surface area contributed by atoms with E-state index >= 15 is 0 Å². The largest absolute Gasteiger partial charge is 0.466 e. The van der Waals surface area contributed by atoms with Crippen molar-refractivity contribution in [2.45, 2.75) is 12.0 Å². The minimum absolute atomic E-state index is 0.103. The SMILES string of the molecule is COC(=O)C1(C(=O)OC)Cc2ccccc2C(=O)O1. The molecule has 0 amide bonds. The summed E-state index contributed by atoms with van der Waals surface area (Å²) in [6.45, 7) is 0. The molecule has 0 aromatic heterocycles. The number of hydrogen-bond acceptors (Lipinski definition) is 6. The highest BCUT2D eigenvalue weighted by molar-refractivity contribution is 6.08. The Labute approximate surface area is 109 Å². The average Bonchev–Trinajstić information content (AvgIpc) is 2.45. The Hall–Kier alpha value is -2.37. The number of carbonyl (C=O) groups is 3. The van der Waals surface area contributed by atoms with Crippen LogP contribution < -0.4 is 0 Å². The van der Waals surface area contributed by atoms with E-state index in [0.29, 0.717) is 11.1 Å². The van der Waals surface area contributed by atoms with Crippen molar-refractivity contribution in [1.29, 1.82) is 0 Å². The first kappa shape index (κ1) is 13.1. The van der Waals surface area contributed by atoms with Crippen LogP contribution in [0.4, 0.5) is 0 Å². The predicted octanol–water partition coefficient (Wildman–Crippen LogP) is 0.484. The topological polar surface area (TPSA) is 78.9 Å². The van der Waals surface area contributed by atoms with Crippen molar-refractivity contribution in [1.82, 2.24) is 0 Å². The summed E-state index contributed by atoms with van der Waals surface area (Å²) in [5, 5.41) is 0. The highest BCUT2D eigenvalue weighted by atomic mass is 16.6. The predicted molar refractivity (Wildman–Crippen MR) is 62.3 cm³/mol. The molecule has 0 N–H and O–H groups in total. The Bertz CT molecular complexity index is 532. The summed E-state index contributed by atoms with van der Waals surface area (Å²) in [7, 11) is 2.22. The van der Waals surface area contributed by atoms with Crippen LogP contribution in [-0.2, 0) is 30.2 Å². The van der Waals surface area contributed by atoms with E-state index in [1.54, 1.807) is 24.3 Å². The van der Waals surface area contributed by atoms with Gasteiger partial charge in [-0.25, -0.2) is 14.4 Å². The molecule has 19 heavy (non-hydrogen) atoms. The van der Waals surface area contributed by atoms with Crippen LogP contribution in [0, 0.1) is 0 Å². The molecule has 6 nitrogen and oxygen atoms in total. The van der Waals surface area contributed by atoms with E-state index in [1.807, 2.05) is 0 Å². The highest BCUT2D eigenvalue weighted by Crippen LogP contribution is 2.30. The van der Waals surface area contributed by atoms with Gasteiger partial charge in [0.2, 0.25) is 0 Å². The first-order valence-electron chi connectivity index (χ1n) is 5.53. The lowest BCUT2D eigenvalue weighted by Gasteiger charge is -2.32. The molecule has 1 aliphatic heterocycles. The maximum atomic E-state index is 11.9. The number of hydrogen-bond donors (Lipinski definition) is 0. The van der Waals surface area contributed by atoms with Gasteiger partial charge < -0.3 is 14.2 Å². The van der Waals surface area contributed by atoms with E-state index in [-0.39, 0.29) is 6.42 Å².